The number of aryl methyl sites for hydroxylation is 1. The zero-order chi connectivity index (χ0) is 14.5. The number of benzene rings is 1. The van der Waals surface area contributed by atoms with Gasteiger partial charge in [-0.25, -0.2) is 4.39 Å². The third-order valence-electron chi connectivity index (χ3n) is 2.92. The van der Waals surface area contributed by atoms with Crippen molar-refractivity contribution in [3.05, 3.63) is 69.4 Å². The fourth-order valence-electron chi connectivity index (χ4n) is 1.86. The maximum absolute atomic E-state index is 13.9. The van der Waals surface area contributed by atoms with E-state index in [0.717, 1.165) is 0 Å². The molecule has 102 valence electrons. The lowest BCUT2D eigenvalue weighted by molar-refractivity contribution is 0.350. The summed E-state index contributed by atoms with van der Waals surface area (Å²) in [6.45, 7) is 1.64. The topological polar surface area (TPSA) is 42.2 Å². The average Bonchev–Trinajstić information content (AvgIpc) is 2.44. The summed E-state index contributed by atoms with van der Waals surface area (Å²) in [6, 6.07) is 8.06. The van der Waals surface area contributed by atoms with Crippen LogP contribution in [-0.2, 0) is 6.54 Å². The number of pyridine rings is 1. The lowest BCUT2D eigenvalue weighted by atomic mass is 10.1. The fraction of sp³-hybridized carbons (Fsp3) is 0.188. The maximum Gasteiger partial charge on any atom is 0.253 e. The molecule has 1 aromatic carbocycles. The van der Waals surface area contributed by atoms with Crippen LogP contribution in [0.2, 0.25) is 0 Å². The molecule has 20 heavy (non-hydrogen) atoms. The summed E-state index contributed by atoms with van der Waals surface area (Å²) in [6.07, 6.45) is 1.63. The lowest BCUT2D eigenvalue weighted by Gasteiger charge is -2.08. The minimum absolute atomic E-state index is 0.129. The lowest BCUT2D eigenvalue weighted by Crippen LogP contribution is -2.22. The van der Waals surface area contributed by atoms with Crippen LogP contribution in [0.1, 0.15) is 16.7 Å². The van der Waals surface area contributed by atoms with E-state index in [4.69, 9.17) is 5.11 Å². The Kier molecular flexibility index (Phi) is 4.34. The summed E-state index contributed by atoms with van der Waals surface area (Å²) in [5.41, 5.74) is 1.42. The van der Waals surface area contributed by atoms with Gasteiger partial charge in [0, 0.05) is 22.9 Å². The minimum Gasteiger partial charge on any atom is -0.384 e. The molecule has 0 saturated carbocycles. The summed E-state index contributed by atoms with van der Waals surface area (Å²) in [4.78, 5) is 11.9. The molecule has 1 aromatic heterocycles. The Labute approximate surface area is 116 Å². The number of rotatable bonds is 2. The second-order valence-corrected chi connectivity index (χ2v) is 4.39. The molecular weight excluding hydrogens is 257 g/mol. The van der Waals surface area contributed by atoms with Crippen LogP contribution in [0.15, 0.2) is 41.3 Å². The maximum atomic E-state index is 13.9. The third-order valence-corrected chi connectivity index (χ3v) is 2.92. The first-order valence-electron chi connectivity index (χ1n) is 6.16. The second-order valence-electron chi connectivity index (χ2n) is 4.39. The molecule has 0 atom stereocenters. The summed E-state index contributed by atoms with van der Waals surface area (Å²) in [5.74, 6) is 4.69. The SMILES string of the molecule is Cc1cccn(Cc2ccc(C#CCO)cc2F)c1=O. The second kappa shape index (κ2) is 6.18. The van der Waals surface area contributed by atoms with E-state index in [1.54, 1.807) is 37.4 Å². The van der Waals surface area contributed by atoms with E-state index in [-0.39, 0.29) is 18.7 Å². The highest BCUT2D eigenvalue weighted by Crippen LogP contribution is 2.11. The van der Waals surface area contributed by atoms with E-state index in [1.807, 2.05) is 0 Å². The van der Waals surface area contributed by atoms with Crippen molar-refractivity contribution in [2.24, 2.45) is 0 Å². The highest BCUT2D eigenvalue weighted by Gasteiger charge is 2.05. The molecule has 0 radical (unpaired) electrons. The number of nitrogens with zero attached hydrogens (tertiary/aromatic N) is 1. The normalized spacial score (nSPS) is 9.95. The molecule has 0 amide bonds. The number of halogens is 1. The van der Waals surface area contributed by atoms with Gasteiger partial charge in [0.25, 0.3) is 5.56 Å². The molecule has 0 spiro atoms. The first-order valence-corrected chi connectivity index (χ1v) is 6.16. The molecule has 2 aromatic rings. The molecule has 0 fully saturated rings. The third kappa shape index (κ3) is 3.14. The van der Waals surface area contributed by atoms with Gasteiger partial charge < -0.3 is 9.67 Å². The van der Waals surface area contributed by atoms with Crippen LogP contribution in [0.4, 0.5) is 4.39 Å². The van der Waals surface area contributed by atoms with Crippen molar-refractivity contribution in [1.82, 2.24) is 4.57 Å². The minimum atomic E-state index is -0.414. The molecule has 0 aliphatic rings. The summed E-state index contributed by atoms with van der Waals surface area (Å²) in [5, 5.41) is 8.60. The van der Waals surface area contributed by atoms with Gasteiger partial charge in [-0.15, -0.1) is 0 Å². The van der Waals surface area contributed by atoms with Gasteiger partial charge in [0.15, 0.2) is 0 Å². The predicted octanol–water partition coefficient (Wildman–Crippen LogP) is 1.69. The van der Waals surface area contributed by atoms with Gasteiger partial charge in [0.1, 0.15) is 12.4 Å². The smallest absolute Gasteiger partial charge is 0.253 e. The predicted molar refractivity (Wildman–Crippen MR) is 74.9 cm³/mol. The number of aliphatic hydroxyl groups is 1. The van der Waals surface area contributed by atoms with E-state index in [0.29, 0.717) is 16.7 Å². The van der Waals surface area contributed by atoms with Crippen LogP contribution in [0, 0.1) is 24.6 Å². The number of hydrogen-bond acceptors (Lipinski definition) is 2. The zero-order valence-electron chi connectivity index (χ0n) is 11.1. The molecule has 1 N–H and O–H groups in total. The van der Waals surface area contributed by atoms with Crippen molar-refractivity contribution in [1.29, 1.82) is 0 Å². The van der Waals surface area contributed by atoms with Crippen LogP contribution in [0.3, 0.4) is 0 Å². The standard InChI is InChI=1S/C16H14FNO2/c1-12-4-2-8-18(16(12)20)11-14-7-6-13(5-3-9-19)10-15(14)17/h2,4,6-8,10,19H,9,11H2,1H3. The number of hydrogen-bond donors (Lipinski definition) is 1. The van der Waals surface area contributed by atoms with Crippen molar-refractivity contribution < 1.29 is 9.50 Å². The molecular formula is C16H14FNO2. The molecule has 0 bridgehead atoms. The van der Waals surface area contributed by atoms with Gasteiger partial charge in [0.05, 0.1) is 6.54 Å². The van der Waals surface area contributed by atoms with E-state index < -0.39 is 5.82 Å². The molecule has 0 aliphatic heterocycles. The van der Waals surface area contributed by atoms with Gasteiger partial charge in [-0.2, -0.15) is 0 Å². The van der Waals surface area contributed by atoms with Gasteiger partial charge >= 0.3 is 0 Å². The summed E-state index contributed by atoms with van der Waals surface area (Å²) in [7, 11) is 0. The van der Waals surface area contributed by atoms with Gasteiger partial charge in [0.2, 0.25) is 0 Å². The van der Waals surface area contributed by atoms with E-state index in [1.165, 1.54) is 10.6 Å². The Morgan fingerprint density at radius 3 is 2.85 bits per heavy atom. The molecule has 0 aliphatic carbocycles. The van der Waals surface area contributed by atoms with Crippen molar-refractivity contribution >= 4 is 0 Å². The van der Waals surface area contributed by atoms with Crippen LogP contribution in [0.5, 0.6) is 0 Å². The average molecular weight is 271 g/mol. The van der Waals surface area contributed by atoms with E-state index in [2.05, 4.69) is 11.8 Å². The van der Waals surface area contributed by atoms with Crippen LogP contribution in [0.25, 0.3) is 0 Å². The Balaban J connectivity index is 2.30. The fourth-order valence-corrected chi connectivity index (χ4v) is 1.86. The summed E-state index contributed by atoms with van der Waals surface area (Å²) >= 11 is 0. The Hall–Kier alpha value is -2.38. The van der Waals surface area contributed by atoms with Gasteiger partial charge in [-0.05, 0) is 25.1 Å². The molecule has 2 rings (SSSR count). The van der Waals surface area contributed by atoms with Crippen molar-refractivity contribution in [2.75, 3.05) is 6.61 Å². The summed E-state index contributed by atoms with van der Waals surface area (Å²) < 4.78 is 15.4. The van der Waals surface area contributed by atoms with Gasteiger partial charge in [-0.1, -0.05) is 24.0 Å². The highest BCUT2D eigenvalue weighted by atomic mass is 19.1. The first kappa shape index (κ1) is 14.0. The first-order chi connectivity index (χ1) is 9.61. The Morgan fingerprint density at radius 2 is 2.15 bits per heavy atom. The number of aliphatic hydroxyl groups excluding tert-OH is 1. The Bertz CT molecular complexity index is 738. The Morgan fingerprint density at radius 1 is 1.35 bits per heavy atom. The van der Waals surface area contributed by atoms with E-state index >= 15 is 0 Å². The molecule has 1 heterocycles. The largest absolute Gasteiger partial charge is 0.384 e. The zero-order valence-corrected chi connectivity index (χ0v) is 11.1. The highest BCUT2D eigenvalue weighted by molar-refractivity contribution is 5.37. The molecule has 0 unspecified atom stereocenters. The quantitative estimate of drug-likeness (QED) is 0.845. The van der Waals surface area contributed by atoms with Crippen LogP contribution < -0.4 is 5.56 Å². The molecule has 0 saturated heterocycles. The van der Waals surface area contributed by atoms with E-state index in [9.17, 15) is 9.18 Å². The molecule has 3 nitrogen and oxygen atoms in total. The van der Waals surface area contributed by atoms with Crippen molar-refractivity contribution in [3.63, 3.8) is 0 Å². The van der Waals surface area contributed by atoms with Gasteiger partial charge in [-0.3, -0.25) is 4.79 Å². The number of aromatic nitrogens is 1. The van der Waals surface area contributed by atoms with Crippen molar-refractivity contribution in [3.8, 4) is 11.8 Å². The van der Waals surface area contributed by atoms with Crippen LogP contribution >= 0.6 is 0 Å². The van der Waals surface area contributed by atoms with Crippen molar-refractivity contribution in [2.45, 2.75) is 13.5 Å². The monoisotopic (exact) mass is 271 g/mol. The van der Waals surface area contributed by atoms with Crippen LogP contribution in [-0.4, -0.2) is 16.3 Å². The molecule has 4 heteroatoms.